The number of benzene rings is 1. The van der Waals surface area contributed by atoms with Crippen LogP contribution in [0.25, 0.3) is 0 Å². The molecule has 4 nitrogen and oxygen atoms in total. The SMILES string of the molecule is C/C=C\CC1CC(=O)N(c2ccc(OCC)cc2)C1=O. The van der Waals surface area contributed by atoms with E-state index in [0.29, 0.717) is 18.7 Å². The molecule has 106 valence electrons. The summed E-state index contributed by atoms with van der Waals surface area (Å²) in [5, 5.41) is 0. The van der Waals surface area contributed by atoms with Crippen LogP contribution in [-0.4, -0.2) is 18.4 Å². The Morgan fingerprint density at radius 1 is 1.30 bits per heavy atom. The molecule has 1 saturated heterocycles. The Bertz CT molecular complexity index is 519. The third kappa shape index (κ3) is 2.90. The fraction of sp³-hybridized carbons (Fsp3) is 0.375. The zero-order chi connectivity index (χ0) is 14.5. The van der Waals surface area contributed by atoms with E-state index in [1.54, 1.807) is 24.3 Å². The van der Waals surface area contributed by atoms with Crippen molar-refractivity contribution in [3.05, 3.63) is 36.4 Å². The first kappa shape index (κ1) is 14.3. The lowest BCUT2D eigenvalue weighted by atomic mass is 10.0. The maximum absolute atomic E-state index is 12.3. The number of hydrogen-bond acceptors (Lipinski definition) is 3. The van der Waals surface area contributed by atoms with Gasteiger partial charge in [0.25, 0.3) is 0 Å². The molecule has 1 unspecified atom stereocenters. The number of anilines is 1. The van der Waals surface area contributed by atoms with Crippen molar-refractivity contribution in [1.29, 1.82) is 0 Å². The summed E-state index contributed by atoms with van der Waals surface area (Å²) in [5.41, 5.74) is 0.617. The molecule has 1 aliphatic rings. The minimum atomic E-state index is -0.231. The van der Waals surface area contributed by atoms with Gasteiger partial charge in [0.2, 0.25) is 11.8 Å². The molecule has 0 N–H and O–H groups in total. The van der Waals surface area contributed by atoms with E-state index in [0.717, 1.165) is 5.75 Å². The lowest BCUT2D eigenvalue weighted by Crippen LogP contribution is -2.30. The highest BCUT2D eigenvalue weighted by atomic mass is 16.5. The molecule has 20 heavy (non-hydrogen) atoms. The predicted octanol–water partition coefficient (Wildman–Crippen LogP) is 2.93. The second kappa shape index (κ2) is 6.37. The zero-order valence-corrected chi connectivity index (χ0v) is 11.8. The van der Waals surface area contributed by atoms with Crippen LogP contribution in [0.15, 0.2) is 36.4 Å². The van der Waals surface area contributed by atoms with Crippen LogP contribution in [0.5, 0.6) is 5.75 Å². The number of imide groups is 1. The summed E-state index contributed by atoms with van der Waals surface area (Å²) in [7, 11) is 0. The monoisotopic (exact) mass is 273 g/mol. The van der Waals surface area contributed by atoms with Gasteiger partial charge in [-0.15, -0.1) is 0 Å². The summed E-state index contributed by atoms with van der Waals surface area (Å²) >= 11 is 0. The van der Waals surface area contributed by atoms with Crippen molar-refractivity contribution in [3.8, 4) is 5.75 Å². The lowest BCUT2D eigenvalue weighted by molar-refractivity contribution is -0.122. The highest BCUT2D eigenvalue weighted by molar-refractivity contribution is 6.20. The number of ether oxygens (including phenoxy) is 1. The van der Waals surface area contributed by atoms with Crippen LogP contribution in [0.2, 0.25) is 0 Å². The number of nitrogens with zero attached hydrogens (tertiary/aromatic N) is 1. The molecule has 2 rings (SSSR count). The lowest BCUT2D eigenvalue weighted by Gasteiger charge is -2.15. The van der Waals surface area contributed by atoms with Crippen molar-refractivity contribution in [2.45, 2.75) is 26.7 Å². The zero-order valence-electron chi connectivity index (χ0n) is 11.8. The molecule has 1 aromatic rings. The average Bonchev–Trinajstić information content (AvgIpc) is 2.73. The Morgan fingerprint density at radius 2 is 2.00 bits per heavy atom. The highest BCUT2D eigenvalue weighted by Crippen LogP contribution is 2.29. The number of carbonyl (C=O) groups excluding carboxylic acids is 2. The smallest absolute Gasteiger partial charge is 0.237 e. The van der Waals surface area contributed by atoms with Crippen LogP contribution < -0.4 is 9.64 Å². The molecule has 1 aliphatic heterocycles. The van der Waals surface area contributed by atoms with Crippen molar-refractivity contribution in [2.24, 2.45) is 5.92 Å². The van der Waals surface area contributed by atoms with Crippen LogP contribution in [0.4, 0.5) is 5.69 Å². The molecule has 0 radical (unpaired) electrons. The Kier molecular flexibility index (Phi) is 4.56. The van der Waals surface area contributed by atoms with Gasteiger partial charge in [-0.1, -0.05) is 12.2 Å². The third-order valence-corrected chi connectivity index (χ3v) is 3.30. The largest absolute Gasteiger partial charge is 0.494 e. The quantitative estimate of drug-likeness (QED) is 0.612. The molecule has 4 heteroatoms. The summed E-state index contributed by atoms with van der Waals surface area (Å²) in [4.78, 5) is 25.6. The predicted molar refractivity (Wildman–Crippen MR) is 77.6 cm³/mol. The van der Waals surface area contributed by atoms with Crippen LogP contribution in [0.1, 0.15) is 26.7 Å². The van der Waals surface area contributed by atoms with Gasteiger partial charge >= 0.3 is 0 Å². The van der Waals surface area contributed by atoms with Gasteiger partial charge in [-0.3, -0.25) is 14.5 Å². The van der Waals surface area contributed by atoms with Gasteiger partial charge in [0.15, 0.2) is 0 Å². The second-order valence-corrected chi connectivity index (χ2v) is 4.70. The fourth-order valence-electron chi connectivity index (χ4n) is 2.31. The summed E-state index contributed by atoms with van der Waals surface area (Å²) in [6.45, 7) is 4.41. The molecule has 0 bridgehead atoms. The van der Waals surface area contributed by atoms with Gasteiger partial charge in [0.1, 0.15) is 5.75 Å². The van der Waals surface area contributed by atoms with E-state index in [9.17, 15) is 9.59 Å². The van der Waals surface area contributed by atoms with Crippen LogP contribution in [-0.2, 0) is 9.59 Å². The van der Waals surface area contributed by atoms with Crippen molar-refractivity contribution < 1.29 is 14.3 Å². The standard InChI is InChI=1S/C16H19NO3/c1-3-5-6-12-11-15(18)17(16(12)19)13-7-9-14(10-8-13)20-4-2/h3,5,7-10,12H,4,6,11H2,1-2H3/b5-3-. The van der Waals surface area contributed by atoms with Gasteiger partial charge in [0.05, 0.1) is 18.2 Å². The van der Waals surface area contributed by atoms with Gasteiger partial charge < -0.3 is 4.74 Å². The van der Waals surface area contributed by atoms with Gasteiger partial charge in [-0.05, 0) is 44.5 Å². The number of carbonyl (C=O) groups is 2. The first-order valence-corrected chi connectivity index (χ1v) is 6.88. The molecule has 1 atom stereocenters. The van der Waals surface area contributed by atoms with Gasteiger partial charge in [0, 0.05) is 6.42 Å². The number of allylic oxidation sites excluding steroid dienone is 2. The molecule has 1 fully saturated rings. The molecule has 0 aromatic heterocycles. The van der Waals surface area contributed by atoms with E-state index in [4.69, 9.17) is 4.74 Å². The first-order chi connectivity index (χ1) is 9.67. The number of amides is 2. The van der Waals surface area contributed by atoms with Crippen LogP contribution in [0, 0.1) is 5.92 Å². The molecular weight excluding hydrogens is 254 g/mol. The fourth-order valence-corrected chi connectivity index (χ4v) is 2.31. The normalized spacial score (nSPS) is 19.1. The van der Waals surface area contributed by atoms with Gasteiger partial charge in [-0.25, -0.2) is 0 Å². The van der Waals surface area contributed by atoms with Crippen molar-refractivity contribution >= 4 is 17.5 Å². The van der Waals surface area contributed by atoms with E-state index in [-0.39, 0.29) is 24.2 Å². The van der Waals surface area contributed by atoms with Crippen LogP contribution in [0.3, 0.4) is 0 Å². The third-order valence-electron chi connectivity index (χ3n) is 3.30. The Morgan fingerprint density at radius 3 is 2.60 bits per heavy atom. The maximum Gasteiger partial charge on any atom is 0.237 e. The van der Waals surface area contributed by atoms with Crippen molar-refractivity contribution in [1.82, 2.24) is 0 Å². The maximum atomic E-state index is 12.3. The minimum absolute atomic E-state index is 0.114. The van der Waals surface area contributed by atoms with E-state index >= 15 is 0 Å². The molecule has 2 amide bonds. The topological polar surface area (TPSA) is 46.6 Å². The minimum Gasteiger partial charge on any atom is -0.494 e. The van der Waals surface area contributed by atoms with Crippen molar-refractivity contribution in [2.75, 3.05) is 11.5 Å². The van der Waals surface area contributed by atoms with Crippen molar-refractivity contribution in [3.63, 3.8) is 0 Å². The average molecular weight is 273 g/mol. The molecule has 0 spiro atoms. The molecule has 0 aliphatic carbocycles. The molecule has 0 saturated carbocycles. The highest BCUT2D eigenvalue weighted by Gasteiger charge is 2.38. The number of rotatable bonds is 5. The Balaban J connectivity index is 2.15. The van der Waals surface area contributed by atoms with E-state index in [1.807, 2.05) is 26.0 Å². The Labute approximate surface area is 119 Å². The van der Waals surface area contributed by atoms with Crippen LogP contribution >= 0.6 is 0 Å². The Hall–Kier alpha value is -2.10. The molecular formula is C16H19NO3. The molecule has 1 heterocycles. The van der Waals surface area contributed by atoms with E-state index in [2.05, 4.69) is 0 Å². The van der Waals surface area contributed by atoms with E-state index in [1.165, 1.54) is 4.90 Å². The summed E-state index contributed by atoms with van der Waals surface area (Å²) in [5.74, 6) is 0.261. The summed E-state index contributed by atoms with van der Waals surface area (Å²) < 4.78 is 5.35. The second-order valence-electron chi connectivity index (χ2n) is 4.70. The summed E-state index contributed by atoms with van der Waals surface area (Å²) in [6, 6.07) is 7.05. The summed E-state index contributed by atoms with van der Waals surface area (Å²) in [6.07, 6.45) is 4.74. The number of hydrogen-bond donors (Lipinski definition) is 0. The molecule has 1 aromatic carbocycles. The van der Waals surface area contributed by atoms with E-state index < -0.39 is 0 Å². The first-order valence-electron chi connectivity index (χ1n) is 6.88. The van der Waals surface area contributed by atoms with Gasteiger partial charge in [-0.2, -0.15) is 0 Å².